The van der Waals surface area contributed by atoms with Gasteiger partial charge in [-0.3, -0.25) is 0 Å². The van der Waals surface area contributed by atoms with Crippen LogP contribution in [0.1, 0.15) is 17.5 Å². The molecule has 0 saturated heterocycles. The number of benzene rings is 8. The molecule has 252 valence electrons. The van der Waals surface area contributed by atoms with Gasteiger partial charge in [0.1, 0.15) is 22.3 Å². The number of rotatable bonds is 3. The van der Waals surface area contributed by atoms with Gasteiger partial charge in [0.15, 0.2) is 0 Å². The summed E-state index contributed by atoms with van der Waals surface area (Å²) in [5.74, 6) is 0.253. The number of hydrogen-bond acceptors (Lipinski definition) is 2. The van der Waals surface area contributed by atoms with Crippen LogP contribution in [-0.4, -0.2) is 0 Å². The van der Waals surface area contributed by atoms with Crippen LogP contribution in [0.4, 0.5) is 0 Å². The molecule has 2 nitrogen and oxygen atoms in total. The fourth-order valence-corrected chi connectivity index (χ4v) is 9.39. The van der Waals surface area contributed by atoms with Crippen molar-refractivity contribution in [2.45, 2.75) is 6.42 Å². The van der Waals surface area contributed by atoms with Crippen LogP contribution in [0.25, 0.3) is 87.7 Å². The molecule has 1 unspecified atom stereocenters. The van der Waals surface area contributed by atoms with E-state index in [1.54, 1.807) is 0 Å². The zero-order chi connectivity index (χ0) is 35.3. The fraction of sp³-hybridized carbons (Fsp3) is 0.0385. The predicted molar refractivity (Wildman–Crippen MR) is 224 cm³/mol. The molecule has 10 aromatic rings. The standard InChI is InChI=1S/C52H32O2/c1-2-13-35-29-36(26-21-31(35)11-1)48-40-17-7-5-15-38(40)47(39-16-6-8-18-41(39)48)34-24-22-33(23-25-34)44-30-46-50(52-49(44)42-19-9-10-20-45(42)53-52)43-28-27-32-12-3-4-14-37(32)51(43)54-46/h1-15,17-30,39H,16H2. The Morgan fingerprint density at radius 3 is 2.04 bits per heavy atom. The lowest BCUT2D eigenvalue weighted by Gasteiger charge is -2.31. The van der Waals surface area contributed by atoms with Gasteiger partial charge in [0, 0.05) is 27.5 Å². The summed E-state index contributed by atoms with van der Waals surface area (Å²) in [6.45, 7) is 0. The third-order valence-electron chi connectivity index (χ3n) is 11.8. The Hall–Kier alpha value is -6.90. The number of furan rings is 2. The van der Waals surface area contributed by atoms with Gasteiger partial charge in [0.05, 0.1) is 5.39 Å². The summed E-state index contributed by atoms with van der Waals surface area (Å²) < 4.78 is 13.5. The van der Waals surface area contributed by atoms with Crippen molar-refractivity contribution in [1.29, 1.82) is 0 Å². The minimum absolute atomic E-state index is 0.253. The third kappa shape index (κ3) is 4.22. The molecule has 54 heavy (non-hydrogen) atoms. The van der Waals surface area contributed by atoms with Crippen molar-refractivity contribution < 1.29 is 8.83 Å². The van der Waals surface area contributed by atoms with Crippen LogP contribution in [0.5, 0.6) is 0 Å². The molecule has 2 aliphatic carbocycles. The number of hydrogen-bond donors (Lipinski definition) is 0. The SMILES string of the molecule is C1=CCC2C(=C1)C(c1ccc3ccccc3c1)=c1ccccc1=C2c1ccc(-c2cc3oc4c5ccccc5ccc4c3c3oc4ccccc4c23)cc1. The Kier molecular flexibility index (Phi) is 6.20. The van der Waals surface area contributed by atoms with E-state index in [9.17, 15) is 0 Å². The maximum absolute atomic E-state index is 6.74. The molecular weight excluding hydrogens is 657 g/mol. The van der Waals surface area contributed by atoms with Gasteiger partial charge in [-0.15, -0.1) is 0 Å². The Labute approximate surface area is 310 Å². The van der Waals surface area contributed by atoms with Crippen molar-refractivity contribution in [3.05, 3.63) is 203 Å². The minimum Gasteiger partial charge on any atom is -0.455 e. The van der Waals surface area contributed by atoms with E-state index < -0.39 is 0 Å². The van der Waals surface area contributed by atoms with Gasteiger partial charge in [0.25, 0.3) is 0 Å². The average molecular weight is 689 g/mol. The van der Waals surface area contributed by atoms with Crippen LogP contribution in [0.2, 0.25) is 0 Å². The average Bonchev–Trinajstić information content (AvgIpc) is 3.81. The van der Waals surface area contributed by atoms with Gasteiger partial charge in [-0.1, -0.05) is 152 Å². The number of para-hydroxylation sites is 1. The molecule has 2 heterocycles. The summed E-state index contributed by atoms with van der Waals surface area (Å²) in [4.78, 5) is 0. The molecule has 0 radical (unpaired) electrons. The van der Waals surface area contributed by atoms with E-state index in [-0.39, 0.29) is 5.92 Å². The summed E-state index contributed by atoms with van der Waals surface area (Å²) in [6, 6.07) is 57.2. The van der Waals surface area contributed by atoms with E-state index in [4.69, 9.17) is 8.83 Å². The molecule has 8 aromatic carbocycles. The van der Waals surface area contributed by atoms with Crippen LogP contribution in [0.15, 0.2) is 190 Å². The van der Waals surface area contributed by atoms with Crippen molar-refractivity contribution >= 4 is 76.6 Å². The van der Waals surface area contributed by atoms with E-state index in [0.717, 1.165) is 72.2 Å². The van der Waals surface area contributed by atoms with Gasteiger partial charge >= 0.3 is 0 Å². The molecule has 0 N–H and O–H groups in total. The maximum atomic E-state index is 6.74. The molecule has 2 aromatic heterocycles. The highest BCUT2D eigenvalue weighted by Crippen LogP contribution is 2.46. The van der Waals surface area contributed by atoms with Crippen LogP contribution in [0, 0.1) is 5.92 Å². The first kappa shape index (κ1) is 29.7. The van der Waals surface area contributed by atoms with Crippen LogP contribution < -0.4 is 10.4 Å². The normalized spacial score (nSPS) is 15.5. The second-order valence-electron chi connectivity index (χ2n) is 14.7. The van der Waals surface area contributed by atoms with Crippen molar-refractivity contribution in [1.82, 2.24) is 0 Å². The molecule has 0 bridgehead atoms. The second-order valence-corrected chi connectivity index (χ2v) is 14.7. The van der Waals surface area contributed by atoms with E-state index in [1.165, 1.54) is 49.1 Å². The second kappa shape index (κ2) is 11.3. The highest BCUT2D eigenvalue weighted by atomic mass is 16.3. The monoisotopic (exact) mass is 688 g/mol. The van der Waals surface area contributed by atoms with E-state index in [1.807, 2.05) is 6.07 Å². The fourth-order valence-electron chi connectivity index (χ4n) is 9.39. The van der Waals surface area contributed by atoms with Crippen LogP contribution in [-0.2, 0) is 0 Å². The van der Waals surface area contributed by atoms with Gasteiger partial charge in [-0.05, 0) is 96.3 Å². The minimum atomic E-state index is 0.253. The zero-order valence-corrected chi connectivity index (χ0v) is 29.3. The molecule has 0 fully saturated rings. The number of allylic oxidation sites excluding steroid dienone is 4. The van der Waals surface area contributed by atoms with Crippen LogP contribution >= 0.6 is 0 Å². The van der Waals surface area contributed by atoms with E-state index >= 15 is 0 Å². The summed E-state index contributed by atoms with van der Waals surface area (Å²) >= 11 is 0. The Balaban J connectivity index is 1.08. The van der Waals surface area contributed by atoms with Crippen molar-refractivity contribution in [3.8, 4) is 11.1 Å². The molecular formula is C52H32O2. The highest BCUT2D eigenvalue weighted by molar-refractivity contribution is 6.28. The summed E-state index contributed by atoms with van der Waals surface area (Å²) in [5.41, 5.74) is 12.4. The summed E-state index contributed by atoms with van der Waals surface area (Å²) in [5, 5.41) is 11.7. The molecule has 0 spiro atoms. The van der Waals surface area contributed by atoms with Crippen molar-refractivity contribution in [3.63, 3.8) is 0 Å². The Bertz CT molecular complexity index is 3400. The molecule has 0 amide bonds. The van der Waals surface area contributed by atoms with Crippen molar-refractivity contribution in [2.24, 2.45) is 5.92 Å². The largest absolute Gasteiger partial charge is 0.455 e. The lowest BCUT2D eigenvalue weighted by Crippen LogP contribution is -2.37. The molecule has 0 saturated carbocycles. The Morgan fingerprint density at radius 1 is 0.463 bits per heavy atom. The first-order chi connectivity index (χ1) is 26.8. The zero-order valence-electron chi connectivity index (χ0n) is 29.3. The molecule has 12 rings (SSSR count). The Morgan fingerprint density at radius 2 is 1.15 bits per heavy atom. The van der Waals surface area contributed by atoms with Gasteiger partial charge in [-0.25, -0.2) is 0 Å². The first-order valence-electron chi connectivity index (χ1n) is 18.8. The predicted octanol–water partition coefficient (Wildman–Crippen LogP) is 12.4. The maximum Gasteiger partial charge on any atom is 0.147 e. The quantitative estimate of drug-likeness (QED) is 0.185. The van der Waals surface area contributed by atoms with E-state index in [0.29, 0.717) is 0 Å². The smallest absolute Gasteiger partial charge is 0.147 e. The van der Waals surface area contributed by atoms with Gasteiger partial charge in [0.2, 0.25) is 0 Å². The molecule has 2 heteroatoms. The van der Waals surface area contributed by atoms with Gasteiger partial charge in [-0.2, -0.15) is 0 Å². The van der Waals surface area contributed by atoms with Crippen LogP contribution in [0.3, 0.4) is 0 Å². The third-order valence-corrected chi connectivity index (χ3v) is 11.8. The lowest BCUT2D eigenvalue weighted by molar-refractivity contribution is 0.665. The first-order valence-corrected chi connectivity index (χ1v) is 18.8. The van der Waals surface area contributed by atoms with E-state index in [2.05, 4.69) is 170 Å². The molecule has 1 atom stereocenters. The summed E-state index contributed by atoms with van der Waals surface area (Å²) in [7, 11) is 0. The van der Waals surface area contributed by atoms with Gasteiger partial charge < -0.3 is 8.83 Å². The highest BCUT2D eigenvalue weighted by Gasteiger charge is 2.29. The lowest BCUT2D eigenvalue weighted by atomic mass is 9.72. The number of fused-ring (bicyclic) bond motifs is 12. The molecule has 0 aliphatic heterocycles. The topological polar surface area (TPSA) is 26.3 Å². The van der Waals surface area contributed by atoms with Crippen molar-refractivity contribution in [2.75, 3.05) is 0 Å². The summed E-state index contributed by atoms with van der Waals surface area (Å²) in [6.07, 6.45) is 7.86. The molecule has 2 aliphatic rings.